The standard InChI is InChI=1S/C15H20F3N3O2/c1-11(22)9-19-14-20-12-5-2-3-6-13(12)21(14)7-4-8-23-10-15(16,17)18/h2-3,5-6,11,22H,4,7-10H2,1H3,(H,19,20)/t11-/m1/s1. The van der Waals surface area contributed by atoms with Crippen molar-refractivity contribution in [3.05, 3.63) is 24.3 Å². The molecule has 0 fully saturated rings. The third-order valence-corrected chi connectivity index (χ3v) is 3.15. The number of fused-ring (bicyclic) bond motifs is 1. The molecule has 2 rings (SSSR count). The molecule has 0 aliphatic rings. The third-order valence-electron chi connectivity index (χ3n) is 3.15. The highest BCUT2D eigenvalue weighted by molar-refractivity contribution is 5.78. The van der Waals surface area contributed by atoms with E-state index in [1.807, 2.05) is 28.8 Å². The number of hydrogen-bond donors (Lipinski definition) is 2. The van der Waals surface area contributed by atoms with E-state index >= 15 is 0 Å². The van der Waals surface area contributed by atoms with Crippen LogP contribution in [0.25, 0.3) is 11.0 Å². The predicted octanol–water partition coefficient (Wildman–Crippen LogP) is 2.80. The second-order valence-electron chi connectivity index (χ2n) is 5.33. The summed E-state index contributed by atoms with van der Waals surface area (Å²) in [5, 5.41) is 12.4. The molecular weight excluding hydrogens is 311 g/mol. The molecule has 1 heterocycles. The summed E-state index contributed by atoms with van der Waals surface area (Å²) in [4.78, 5) is 4.44. The number of nitrogens with zero attached hydrogens (tertiary/aromatic N) is 2. The molecule has 0 amide bonds. The quantitative estimate of drug-likeness (QED) is 0.730. The lowest BCUT2D eigenvalue weighted by atomic mass is 10.3. The maximum absolute atomic E-state index is 12.0. The van der Waals surface area contributed by atoms with E-state index in [0.29, 0.717) is 25.5 Å². The smallest absolute Gasteiger partial charge is 0.392 e. The van der Waals surface area contributed by atoms with E-state index in [4.69, 9.17) is 0 Å². The van der Waals surface area contributed by atoms with Gasteiger partial charge < -0.3 is 19.7 Å². The van der Waals surface area contributed by atoms with Gasteiger partial charge in [0.1, 0.15) is 6.61 Å². The van der Waals surface area contributed by atoms with E-state index < -0.39 is 18.9 Å². The Morgan fingerprint density at radius 2 is 2.09 bits per heavy atom. The molecule has 128 valence electrons. The Labute approximate surface area is 132 Å². The number of rotatable bonds is 8. The average Bonchev–Trinajstić information content (AvgIpc) is 2.81. The minimum Gasteiger partial charge on any atom is -0.392 e. The van der Waals surface area contributed by atoms with E-state index in [0.717, 1.165) is 11.0 Å². The van der Waals surface area contributed by atoms with E-state index in [1.165, 1.54) is 0 Å². The molecule has 0 spiro atoms. The van der Waals surface area contributed by atoms with Crippen LogP contribution in [0.1, 0.15) is 13.3 Å². The van der Waals surface area contributed by atoms with Gasteiger partial charge in [-0.1, -0.05) is 12.1 Å². The van der Waals surface area contributed by atoms with Crippen molar-refractivity contribution >= 4 is 17.0 Å². The minimum atomic E-state index is -4.30. The van der Waals surface area contributed by atoms with Gasteiger partial charge in [0.25, 0.3) is 0 Å². The van der Waals surface area contributed by atoms with Gasteiger partial charge in [-0.15, -0.1) is 0 Å². The van der Waals surface area contributed by atoms with Crippen LogP contribution in [0.3, 0.4) is 0 Å². The van der Waals surface area contributed by atoms with Crippen LogP contribution in [0.15, 0.2) is 24.3 Å². The van der Waals surface area contributed by atoms with E-state index in [2.05, 4.69) is 15.0 Å². The number of halogens is 3. The van der Waals surface area contributed by atoms with Crippen molar-refractivity contribution in [1.29, 1.82) is 0 Å². The number of aromatic nitrogens is 2. The van der Waals surface area contributed by atoms with Crippen LogP contribution < -0.4 is 5.32 Å². The van der Waals surface area contributed by atoms with Crippen molar-refractivity contribution < 1.29 is 23.0 Å². The molecule has 0 aliphatic heterocycles. The number of aliphatic hydroxyl groups excluding tert-OH is 1. The number of hydrogen-bond acceptors (Lipinski definition) is 4. The van der Waals surface area contributed by atoms with Crippen LogP contribution in [-0.2, 0) is 11.3 Å². The zero-order chi connectivity index (χ0) is 16.9. The number of ether oxygens (including phenoxy) is 1. The lowest BCUT2D eigenvalue weighted by Gasteiger charge is -2.12. The van der Waals surface area contributed by atoms with Gasteiger partial charge in [-0.05, 0) is 25.5 Å². The summed E-state index contributed by atoms with van der Waals surface area (Å²) in [6.07, 6.45) is -4.40. The Bertz CT molecular complexity index is 626. The van der Waals surface area contributed by atoms with Crippen LogP contribution in [0, 0.1) is 0 Å². The molecule has 1 aromatic carbocycles. The third kappa shape index (κ3) is 5.40. The maximum atomic E-state index is 12.0. The topological polar surface area (TPSA) is 59.3 Å². The van der Waals surface area contributed by atoms with Crippen LogP contribution in [0.2, 0.25) is 0 Å². The van der Waals surface area contributed by atoms with E-state index in [1.54, 1.807) is 6.92 Å². The first-order chi connectivity index (χ1) is 10.9. The van der Waals surface area contributed by atoms with Gasteiger partial charge in [0.05, 0.1) is 17.1 Å². The molecule has 2 N–H and O–H groups in total. The van der Waals surface area contributed by atoms with Gasteiger partial charge in [-0.3, -0.25) is 0 Å². The van der Waals surface area contributed by atoms with Crippen LogP contribution in [-0.4, -0.2) is 46.7 Å². The van der Waals surface area contributed by atoms with Gasteiger partial charge >= 0.3 is 6.18 Å². The number of benzene rings is 1. The molecular formula is C15H20F3N3O2. The number of anilines is 1. The molecule has 8 heteroatoms. The number of aryl methyl sites for hydroxylation is 1. The summed E-state index contributed by atoms with van der Waals surface area (Å²) >= 11 is 0. The number of aliphatic hydroxyl groups is 1. The highest BCUT2D eigenvalue weighted by Crippen LogP contribution is 2.20. The Balaban J connectivity index is 2.00. The molecule has 0 unspecified atom stereocenters. The SMILES string of the molecule is C[C@@H](O)CNc1nc2ccccc2n1CCCOCC(F)(F)F. The lowest BCUT2D eigenvalue weighted by Crippen LogP contribution is -2.19. The first-order valence-corrected chi connectivity index (χ1v) is 7.38. The van der Waals surface area contributed by atoms with Crippen LogP contribution >= 0.6 is 0 Å². The first kappa shape index (κ1) is 17.6. The van der Waals surface area contributed by atoms with Crippen molar-refractivity contribution in [2.45, 2.75) is 32.2 Å². The highest BCUT2D eigenvalue weighted by Gasteiger charge is 2.27. The molecule has 0 saturated heterocycles. The second-order valence-corrected chi connectivity index (χ2v) is 5.33. The normalized spacial score (nSPS) is 13.4. The Kier molecular flexibility index (Phi) is 5.84. The largest absolute Gasteiger partial charge is 0.411 e. The zero-order valence-corrected chi connectivity index (χ0v) is 12.8. The van der Waals surface area contributed by atoms with Crippen molar-refractivity contribution in [1.82, 2.24) is 9.55 Å². The highest BCUT2D eigenvalue weighted by atomic mass is 19.4. The van der Waals surface area contributed by atoms with Gasteiger partial charge in [0.15, 0.2) is 0 Å². The van der Waals surface area contributed by atoms with E-state index in [-0.39, 0.29) is 6.61 Å². The number of alkyl halides is 3. The first-order valence-electron chi connectivity index (χ1n) is 7.38. The number of imidazole rings is 1. The van der Waals surface area contributed by atoms with Gasteiger partial charge in [-0.25, -0.2) is 4.98 Å². The molecule has 2 aromatic rings. The number of nitrogens with one attached hydrogen (secondary N) is 1. The van der Waals surface area contributed by atoms with E-state index in [9.17, 15) is 18.3 Å². The molecule has 1 aromatic heterocycles. The fraction of sp³-hybridized carbons (Fsp3) is 0.533. The maximum Gasteiger partial charge on any atom is 0.411 e. The monoisotopic (exact) mass is 331 g/mol. The van der Waals surface area contributed by atoms with Gasteiger partial charge in [0.2, 0.25) is 5.95 Å². The van der Waals surface area contributed by atoms with Crippen molar-refractivity contribution in [3.63, 3.8) is 0 Å². The van der Waals surface area contributed by atoms with Crippen LogP contribution in [0.5, 0.6) is 0 Å². The summed E-state index contributed by atoms with van der Waals surface area (Å²) in [7, 11) is 0. The summed E-state index contributed by atoms with van der Waals surface area (Å²) in [5.41, 5.74) is 1.67. The second kappa shape index (κ2) is 7.65. The fourth-order valence-electron chi connectivity index (χ4n) is 2.19. The Hall–Kier alpha value is -1.80. The molecule has 5 nitrogen and oxygen atoms in total. The van der Waals surface area contributed by atoms with Crippen LogP contribution in [0.4, 0.5) is 19.1 Å². The van der Waals surface area contributed by atoms with Gasteiger partial charge in [-0.2, -0.15) is 13.2 Å². The van der Waals surface area contributed by atoms with Crippen molar-refractivity contribution in [2.24, 2.45) is 0 Å². The molecule has 0 aliphatic carbocycles. The molecule has 0 bridgehead atoms. The summed E-state index contributed by atoms with van der Waals surface area (Å²) in [5.74, 6) is 0.586. The predicted molar refractivity (Wildman–Crippen MR) is 81.4 cm³/mol. The lowest BCUT2D eigenvalue weighted by molar-refractivity contribution is -0.174. The molecule has 23 heavy (non-hydrogen) atoms. The zero-order valence-electron chi connectivity index (χ0n) is 12.8. The average molecular weight is 331 g/mol. The van der Waals surface area contributed by atoms with Gasteiger partial charge in [0, 0.05) is 19.7 Å². The summed E-state index contributed by atoms with van der Waals surface area (Å²) in [6, 6.07) is 7.50. The number of para-hydroxylation sites is 2. The molecule has 0 radical (unpaired) electrons. The molecule has 1 atom stereocenters. The summed E-state index contributed by atoms with van der Waals surface area (Å²) in [6.45, 7) is 1.26. The molecule has 0 saturated carbocycles. The summed E-state index contributed by atoms with van der Waals surface area (Å²) < 4.78 is 42.6. The van der Waals surface area contributed by atoms with Crippen molar-refractivity contribution in [3.8, 4) is 0 Å². The minimum absolute atomic E-state index is 0.0157. The van der Waals surface area contributed by atoms with Crippen molar-refractivity contribution in [2.75, 3.05) is 25.1 Å². The Morgan fingerprint density at radius 1 is 1.35 bits per heavy atom. The fourth-order valence-corrected chi connectivity index (χ4v) is 2.19. The Morgan fingerprint density at radius 3 is 2.78 bits per heavy atom.